The Morgan fingerprint density at radius 1 is 1.17 bits per heavy atom. The Hall–Kier alpha value is -2.70. The zero-order chi connectivity index (χ0) is 20.7. The smallest absolute Gasteiger partial charge is 0.258 e. The van der Waals surface area contributed by atoms with Crippen molar-refractivity contribution in [1.82, 2.24) is 19.8 Å². The molecule has 7 heteroatoms. The molecule has 4 heterocycles. The summed E-state index contributed by atoms with van der Waals surface area (Å²) in [7, 11) is 0. The number of fused-ring (bicyclic) bond motifs is 5. The van der Waals surface area contributed by atoms with Gasteiger partial charge in [0.25, 0.3) is 5.56 Å². The molecule has 158 valence electrons. The second-order valence-electron chi connectivity index (χ2n) is 9.05. The molecule has 0 radical (unpaired) electrons. The maximum Gasteiger partial charge on any atom is 0.258 e. The predicted octanol–water partition coefficient (Wildman–Crippen LogP) is 2.11. The van der Waals surface area contributed by atoms with E-state index in [2.05, 4.69) is 14.9 Å². The summed E-state index contributed by atoms with van der Waals surface area (Å²) in [4.78, 5) is 48.8. The Morgan fingerprint density at radius 3 is 2.93 bits per heavy atom. The summed E-state index contributed by atoms with van der Waals surface area (Å²) in [6, 6.07) is 7.63. The van der Waals surface area contributed by atoms with Crippen LogP contribution in [0.3, 0.4) is 0 Å². The first-order valence-electron chi connectivity index (χ1n) is 11.1. The highest BCUT2D eigenvalue weighted by atomic mass is 16.2. The van der Waals surface area contributed by atoms with Crippen LogP contribution in [0.15, 0.2) is 29.1 Å². The third-order valence-electron chi connectivity index (χ3n) is 7.00. The number of hydrogen-bond donors (Lipinski definition) is 1. The highest BCUT2D eigenvalue weighted by molar-refractivity contribution is 5.78. The van der Waals surface area contributed by atoms with Gasteiger partial charge in [-0.3, -0.25) is 14.4 Å². The first-order valence-corrected chi connectivity index (χ1v) is 11.1. The normalized spacial score (nSPS) is 26.0. The van der Waals surface area contributed by atoms with Crippen molar-refractivity contribution in [3.05, 3.63) is 40.4 Å². The van der Waals surface area contributed by atoms with Gasteiger partial charge in [-0.1, -0.05) is 12.1 Å². The van der Waals surface area contributed by atoms with Crippen LogP contribution < -0.4 is 5.56 Å². The van der Waals surface area contributed by atoms with Gasteiger partial charge in [0, 0.05) is 44.9 Å². The van der Waals surface area contributed by atoms with E-state index in [4.69, 9.17) is 0 Å². The zero-order valence-electron chi connectivity index (χ0n) is 17.2. The number of nitrogens with zero attached hydrogens (tertiary/aromatic N) is 3. The number of rotatable bonds is 4. The zero-order valence-corrected chi connectivity index (χ0v) is 17.2. The average molecular weight is 409 g/mol. The maximum absolute atomic E-state index is 12.9. The summed E-state index contributed by atoms with van der Waals surface area (Å²) >= 11 is 0. The number of aromatic nitrogens is 2. The molecule has 0 unspecified atom stereocenters. The summed E-state index contributed by atoms with van der Waals surface area (Å²) < 4.78 is 0. The molecular formula is C23H28N4O3. The van der Waals surface area contributed by atoms with Gasteiger partial charge < -0.3 is 14.8 Å². The Labute approximate surface area is 175 Å². The van der Waals surface area contributed by atoms with E-state index in [1.807, 2.05) is 23.1 Å². The van der Waals surface area contributed by atoms with Crippen molar-refractivity contribution in [3.63, 3.8) is 0 Å². The van der Waals surface area contributed by atoms with Crippen molar-refractivity contribution in [1.29, 1.82) is 0 Å². The average Bonchev–Trinajstić information content (AvgIpc) is 2.74. The van der Waals surface area contributed by atoms with Crippen molar-refractivity contribution in [2.24, 2.45) is 11.8 Å². The van der Waals surface area contributed by atoms with Crippen LogP contribution in [0.4, 0.5) is 0 Å². The van der Waals surface area contributed by atoms with E-state index in [0.29, 0.717) is 66.2 Å². The number of benzene rings is 1. The van der Waals surface area contributed by atoms with Gasteiger partial charge in [-0.2, -0.15) is 0 Å². The second kappa shape index (κ2) is 7.85. The molecule has 5 rings (SSSR count). The van der Waals surface area contributed by atoms with Crippen molar-refractivity contribution in [3.8, 4) is 0 Å². The first-order chi connectivity index (χ1) is 14.6. The van der Waals surface area contributed by atoms with E-state index in [9.17, 15) is 14.4 Å². The quantitative estimate of drug-likeness (QED) is 0.840. The third kappa shape index (κ3) is 3.61. The van der Waals surface area contributed by atoms with Crippen LogP contribution in [0.5, 0.6) is 0 Å². The summed E-state index contributed by atoms with van der Waals surface area (Å²) in [5.41, 5.74) is 0.565. The van der Waals surface area contributed by atoms with E-state index in [-0.39, 0.29) is 11.5 Å². The lowest BCUT2D eigenvalue weighted by molar-refractivity contribution is -0.148. The van der Waals surface area contributed by atoms with Gasteiger partial charge >= 0.3 is 0 Å². The van der Waals surface area contributed by atoms with Gasteiger partial charge in [0.1, 0.15) is 5.82 Å². The number of aromatic amines is 1. The second-order valence-corrected chi connectivity index (χ2v) is 9.05. The number of hydrogen-bond acceptors (Lipinski definition) is 4. The number of H-pyrrole nitrogens is 1. The minimum atomic E-state index is -0.127. The molecule has 0 saturated carbocycles. The fraction of sp³-hybridized carbons (Fsp3) is 0.565. The third-order valence-corrected chi connectivity index (χ3v) is 7.00. The molecule has 2 bridgehead atoms. The summed E-state index contributed by atoms with van der Waals surface area (Å²) in [6.45, 7) is 2.34. The lowest BCUT2D eigenvalue weighted by atomic mass is 9.76. The largest absolute Gasteiger partial charge is 0.342 e. The van der Waals surface area contributed by atoms with E-state index in [0.717, 1.165) is 38.9 Å². The minimum absolute atomic E-state index is 0.127. The van der Waals surface area contributed by atoms with Crippen LogP contribution in [0.25, 0.3) is 10.9 Å². The van der Waals surface area contributed by atoms with E-state index < -0.39 is 0 Å². The van der Waals surface area contributed by atoms with Gasteiger partial charge in [-0.25, -0.2) is 4.98 Å². The molecule has 2 aromatic rings. The van der Waals surface area contributed by atoms with Crippen molar-refractivity contribution >= 4 is 22.7 Å². The molecule has 0 aliphatic carbocycles. The number of likely N-dealkylation sites (tertiary alicyclic amines) is 1. The molecule has 3 aliphatic rings. The molecule has 2 amide bonds. The topological polar surface area (TPSA) is 86.4 Å². The molecule has 7 nitrogen and oxygen atoms in total. The van der Waals surface area contributed by atoms with Crippen LogP contribution in [0, 0.1) is 11.8 Å². The standard InChI is InChI=1S/C23H28N4O3/c28-21(9-4-8-20-24-18-6-2-1-5-17(18)23(30)25-20)26-12-15-11-16(14-26)19-7-3-10-22(29)27(19)13-15/h1-2,5-6,15-16,19H,3-4,7-14H2,(H,24,25,30)/t15-,16-,19+/m1/s1. The number of nitrogens with one attached hydrogen (secondary N) is 1. The molecule has 3 saturated heterocycles. The SMILES string of the molecule is O=C(CCCc1nc2ccccc2c(=O)[nH]1)N1C[C@H]2C[C@H](C1)[C@@H]1CCCC(=O)N1C2. The van der Waals surface area contributed by atoms with Crippen LogP contribution in [-0.4, -0.2) is 57.3 Å². The van der Waals surface area contributed by atoms with Crippen LogP contribution in [0.1, 0.15) is 44.3 Å². The van der Waals surface area contributed by atoms with Gasteiger partial charge in [0.15, 0.2) is 0 Å². The molecular weight excluding hydrogens is 380 g/mol. The fourth-order valence-electron chi connectivity index (χ4n) is 5.63. The Balaban J connectivity index is 1.19. The van der Waals surface area contributed by atoms with Crippen LogP contribution in [0.2, 0.25) is 0 Å². The summed E-state index contributed by atoms with van der Waals surface area (Å²) in [5, 5.41) is 0.590. The van der Waals surface area contributed by atoms with Gasteiger partial charge in [-0.15, -0.1) is 0 Å². The van der Waals surface area contributed by atoms with E-state index in [1.54, 1.807) is 6.07 Å². The molecule has 3 atom stereocenters. The van der Waals surface area contributed by atoms with Gasteiger partial charge in [0.05, 0.1) is 10.9 Å². The number of amides is 2. The van der Waals surface area contributed by atoms with E-state index in [1.165, 1.54) is 0 Å². The number of piperidine rings is 3. The van der Waals surface area contributed by atoms with Crippen LogP contribution in [-0.2, 0) is 16.0 Å². The Morgan fingerprint density at radius 2 is 2.03 bits per heavy atom. The monoisotopic (exact) mass is 408 g/mol. The molecule has 1 N–H and O–H groups in total. The number of carbonyl (C=O) groups excluding carboxylic acids is 2. The number of aryl methyl sites for hydroxylation is 1. The Kier molecular flexibility index (Phi) is 5.05. The number of carbonyl (C=O) groups is 2. The molecule has 0 spiro atoms. The van der Waals surface area contributed by atoms with Gasteiger partial charge in [0.2, 0.25) is 11.8 Å². The van der Waals surface area contributed by atoms with Crippen molar-refractivity contribution in [2.45, 2.75) is 51.0 Å². The first kappa shape index (κ1) is 19.3. The lowest BCUT2D eigenvalue weighted by Crippen LogP contribution is -2.61. The highest BCUT2D eigenvalue weighted by Gasteiger charge is 2.44. The molecule has 30 heavy (non-hydrogen) atoms. The van der Waals surface area contributed by atoms with E-state index >= 15 is 0 Å². The van der Waals surface area contributed by atoms with Gasteiger partial charge in [-0.05, 0) is 49.7 Å². The lowest BCUT2D eigenvalue weighted by Gasteiger charge is -2.52. The molecule has 1 aromatic carbocycles. The fourth-order valence-corrected chi connectivity index (χ4v) is 5.63. The van der Waals surface area contributed by atoms with Crippen molar-refractivity contribution < 1.29 is 9.59 Å². The van der Waals surface area contributed by atoms with Crippen molar-refractivity contribution in [2.75, 3.05) is 19.6 Å². The summed E-state index contributed by atoms with van der Waals surface area (Å²) in [5.74, 6) is 1.95. The predicted molar refractivity (Wildman–Crippen MR) is 113 cm³/mol. The minimum Gasteiger partial charge on any atom is -0.342 e. The molecule has 3 aliphatic heterocycles. The number of para-hydroxylation sites is 1. The highest BCUT2D eigenvalue weighted by Crippen LogP contribution is 2.38. The maximum atomic E-state index is 12.9. The van der Waals surface area contributed by atoms with Crippen LogP contribution >= 0.6 is 0 Å². The Bertz CT molecular complexity index is 1030. The summed E-state index contributed by atoms with van der Waals surface area (Å²) in [6.07, 6.45) is 5.59. The molecule has 1 aromatic heterocycles. The molecule has 3 fully saturated rings.